The van der Waals surface area contributed by atoms with Gasteiger partial charge in [0.1, 0.15) is 6.54 Å². The van der Waals surface area contributed by atoms with Gasteiger partial charge in [0.2, 0.25) is 0 Å². The van der Waals surface area contributed by atoms with E-state index in [2.05, 4.69) is 20.2 Å². The Bertz CT molecular complexity index is 1430. The smallest absolute Gasteiger partial charge is 0.326 e. The first-order valence-corrected chi connectivity index (χ1v) is 12.9. The third-order valence-corrected chi connectivity index (χ3v) is 6.55. The number of aromatic nitrogens is 2. The zero-order chi connectivity index (χ0) is 27.2. The van der Waals surface area contributed by atoms with E-state index in [0.717, 1.165) is 27.4 Å². The zero-order valence-electron chi connectivity index (χ0n) is 21.7. The first kappa shape index (κ1) is 26.0. The van der Waals surface area contributed by atoms with Crippen LogP contribution in [0.25, 0.3) is 10.8 Å². The number of esters is 1. The van der Waals surface area contributed by atoms with Gasteiger partial charge in [-0.15, -0.1) is 0 Å². The van der Waals surface area contributed by atoms with Crippen LogP contribution in [0.15, 0.2) is 79.1 Å². The van der Waals surface area contributed by atoms with Crippen LogP contribution in [0.5, 0.6) is 0 Å². The lowest BCUT2D eigenvalue weighted by Gasteiger charge is -2.27. The number of amides is 2. The number of carbonyl (C=O) groups is 3. The largest absolute Gasteiger partial charge is 0.465 e. The van der Waals surface area contributed by atoms with Gasteiger partial charge in [0, 0.05) is 66.2 Å². The second kappa shape index (κ2) is 11.8. The maximum Gasteiger partial charge on any atom is 0.326 e. The van der Waals surface area contributed by atoms with E-state index < -0.39 is 24.3 Å². The Kier molecular flexibility index (Phi) is 7.88. The number of anilines is 1. The Morgan fingerprint density at radius 1 is 0.872 bits per heavy atom. The van der Waals surface area contributed by atoms with Crippen LogP contribution >= 0.6 is 0 Å². The fourth-order valence-corrected chi connectivity index (χ4v) is 4.78. The van der Waals surface area contributed by atoms with Gasteiger partial charge in [0.25, 0.3) is 11.8 Å². The number of benzene rings is 2. The van der Waals surface area contributed by atoms with Gasteiger partial charge < -0.3 is 10.1 Å². The monoisotopic (exact) mass is 523 g/mol. The molecule has 3 heterocycles. The van der Waals surface area contributed by atoms with Crippen molar-refractivity contribution < 1.29 is 19.1 Å². The molecule has 0 saturated heterocycles. The van der Waals surface area contributed by atoms with Crippen LogP contribution in [-0.2, 0) is 22.6 Å². The second-order valence-electron chi connectivity index (χ2n) is 9.17. The lowest BCUT2D eigenvalue weighted by Crippen LogP contribution is -2.43. The molecule has 0 aliphatic carbocycles. The molecule has 0 bridgehead atoms. The van der Waals surface area contributed by atoms with Crippen molar-refractivity contribution in [2.45, 2.75) is 20.0 Å². The number of hydrogen-bond donors (Lipinski definition) is 1. The molecule has 2 amide bonds. The highest BCUT2D eigenvalue weighted by atomic mass is 16.5. The number of pyridine rings is 2. The Hall–Kier alpha value is -4.63. The average Bonchev–Trinajstić information content (AvgIpc) is 2.95. The van der Waals surface area contributed by atoms with Gasteiger partial charge in [0.15, 0.2) is 0 Å². The van der Waals surface area contributed by atoms with Crippen LogP contribution in [0.4, 0.5) is 5.69 Å². The van der Waals surface area contributed by atoms with Crippen molar-refractivity contribution in [3.05, 3.63) is 102 Å². The number of nitrogens with zero attached hydrogens (tertiary/aromatic N) is 4. The van der Waals surface area contributed by atoms with Crippen molar-refractivity contribution >= 4 is 34.2 Å². The molecule has 5 rings (SSSR count). The lowest BCUT2D eigenvalue weighted by molar-refractivity contribution is -0.143. The van der Waals surface area contributed by atoms with Crippen LogP contribution < -0.4 is 5.32 Å². The predicted octanol–water partition coefficient (Wildman–Crippen LogP) is 3.90. The molecule has 2 aromatic heterocycles. The topological polar surface area (TPSA) is 105 Å². The van der Waals surface area contributed by atoms with Crippen molar-refractivity contribution in [3.8, 4) is 0 Å². The number of nitrogens with one attached hydrogen (secondary N) is 1. The van der Waals surface area contributed by atoms with E-state index in [1.54, 1.807) is 37.5 Å². The van der Waals surface area contributed by atoms with Gasteiger partial charge in [-0.1, -0.05) is 24.3 Å². The fraction of sp³-hybridized carbons (Fsp3) is 0.233. The highest BCUT2D eigenvalue weighted by Gasteiger charge is 2.34. The van der Waals surface area contributed by atoms with E-state index in [4.69, 9.17) is 4.74 Å². The molecule has 9 heteroatoms. The van der Waals surface area contributed by atoms with Crippen LogP contribution in [0.2, 0.25) is 0 Å². The predicted molar refractivity (Wildman–Crippen MR) is 147 cm³/mol. The molecular formula is C30H29N5O4. The van der Waals surface area contributed by atoms with E-state index in [1.807, 2.05) is 48.5 Å². The molecule has 0 fully saturated rings. The third kappa shape index (κ3) is 5.78. The molecule has 0 spiro atoms. The number of carbonyl (C=O) groups excluding carboxylic acids is 3. The normalized spacial score (nSPS) is 12.7. The standard InChI is InChI=1S/C30H29N5O4/c1-2-39-27(36)20-35-29(37)24-11-7-10-23-26(13-12-25(28(23)24)30(35)38)33-16-17-34(18-21-8-3-5-14-31-21)19-22-9-4-6-15-32-22/h3-15,33H,2,16-20H2,1H3. The quantitative estimate of drug-likeness (QED) is 0.233. The van der Waals surface area contributed by atoms with E-state index in [-0.39, 0.29) is 6.61 Å². The summed E-state index contributed by atoms with van der Waals surface area (Å²) in [4.78, 5) is 50.5. The SMILES string of the molecule is CCOC(=O)CN1C(=O)c2cccc3c(NCCN(Cc4ccccn4)Cc4ccccn4)ccc(c23)C1=O. The van der Waals surface area contributed by atoms with Crippen LogP contribution in [-0.4, -0.2) is 63.8 Å². The maximum absolute atomic E-state index is 13.2. The highest BCUT2D eigenvalue weighted by Crippen LogP contribution is 2.34. The average molecular weight is 524 g/mol. The minimum atomic E-state index is -0.617. The van der Waals surface area contributed by atoms with Gasteiger partial charge >= 0.3 is 5.97 Å². The van der Waals surface area contributed by atoms with E-state index in [1.165, 1.54) is 0 Å². The minimum absolute atomic E-state index is 0.178. The molecule has 0 unspecified atom stereocenters. The molecule has 39 heavy (non-hydrogen) atoms. The molecule has 4 aromatic rings. The van der Waals surface area contributed by atoms with Gasteiger partial charge in [-0.3, -0.25) is 34.2 Å². The molecule has 1 aliphatic heterocycles. The molecule has 1 N–H and O–H groups in total. The Labute approximate surface area is 226 Å². The zero-order valence-corrected chi connectivity index (χ0v) is 21.7. The fourth-order valence-electron chi connectivity index (χ4n) is 4.78. The summed E-state index contributed by atoms with van der Waals surface area (Å²) < 4.78 is 4.95. The van der Waals surface area contributed by atoms with Crippen LogP contribution in [0.3, 0.4) is 0 Å². The Morgan fingerprint density at radius 3 is 2.15 bits per heavy atom. The van der Waals surface area contributed by atoms with E-state index in [9.17, 15) is 14.4 Å². The van der Waals surface area contributed by atoms with Crippen LogP contribution in [0, 0.1) is 0 Å². The highest BCUT2D eigenvalue weighted by molar-refractivity contribution is 6.27. The van der Waals surface area contributed by atoms with Crippen molar-refractivity contribution in [2.24, 2.45) is 0 Å². The van der Waals surface area contributed by atoms with E-state index >= 15 is 0 Å². The molecule has 198 valence electrons. The molecule has 0 saturated carbocycles. The summed E-state index contributed by atoms with van der Waals surface area (Å²) in [5.74, 6) is -1.62. The summed E-state index contributed by atoms with van der Waals surface area (Å²) in [7, 11) is 0. The first-order chi connectivity index (χ1) is 19.0. The summed E-state index contributed by atoms with van der Waals surface area (Å²) in [5, 5.41) is 4.86. The molecule has 0 atom stereocenters. The van der Waals surface area contributed by atoms with Crippen molar-refractivity contribution in [1.82, 2.24) is 19.8 Å². The van der Waals surface area contributed by atoms with Gasteiger partial charge in [-0.25, -0.2) is 0 Å². The second-order valence-corrected chi connectivity index (χ2v) is 9.17. The first-order valence-electron chi connectivity index (χ1n) is 12.9. The van der Waals surface area contributed by atoms with Gasteiger partial charge in [-0.2, -0.15) is 0 Å². The maximum atomic E-state index is 13.2. The summed E-state index contributed by atoms with van der Waals surface area (Å²) in [6, 6.07) is 20.7. The number of rotatable bonds is 11. The minimum Gasteiger partial charge on any atom is -0.465 e. The van der Waals surface area contributed by atoms with Gasteiger partial charge in [-0.05, 0) is 49.4 Å². The van der Waals surface area contributed by atoms with Crippen molar-refractivity contribution in [1.29, 1.82) is 0 Å². The molecule has 0 radical (unpaired) electrons. The van der Waals surface area contributed by atoms with Crippen LogP contribution in [0.1, 0.15) is 39.0 Å². The molecule has 1 aliphatic rings. The van der Waals surface area contributed by atoms with E-state index in [0.29, 0.717) is 42.7 Å². The Morgan fingerprint density at radius 2 is 1.54 bits per heavy atom. The number of ether oxygens (including phenoxy) is 1. The molecule has 2 aromatic carbocycles. The third-order valence-electron chi connectivity index (χ3n) is 6.55. The van der Waals surface area contributed by atoms with Gasteiger partial charge in [0.05, 0.1) is 18.0 Å². The molecule has 9 nitrogen and oxygen atoms in total. The summed E-state index contributed by atoms with van der Waals surface area (Å²) in [6.07, 6.45) is 3.58. The summed E-state index contributed by atoms with van der Waals surface area (Å²) in [6.45, 7) is 4.11. The summed E-state index contributed by atoms with van der Waals surface area (Å²) in [5.41, 5.74) is 3.55. The summed E-state index contributed by atoms with van der Waals surface area (Å²) >= 11 is 0. The Balaban J connectivity index is 1.34. The van der Waals surface area contributed by atoms with Crippen molar-refractivity contribution in [2.75, 3.05) is 31.6 Å². The number of imide groups is 1. The number of hydrogen-bond acceptors (Lipinski definition) is 8. The van der Waals surface area contributed by atoms with Crippen molar-refractivity contribution in [3.63, 3.8) is 0 Å². The lowest BCUT2D eigenvalue weighted by atomic mass is 9.93. The molecular weight excluding hydrogens is 494 g/mol.